The molecule has 0 bridgehead atoms. The number of nitrogens with one attached hydrogen (secondary N) is 2. The molecule has 1 aromatic rings. The van der Waals surface area contributed by atoms with E-state index in [9.17, 15) is 9.59 Å². The third kappa shape index (κ3) is 44.6. The normalized spacial score (nSPS) is 11.4. The maximum absolute atomic E-state index is 13.4. The molecule has 0 aliphatic heterocycles. The van der Waals surface area contributed by atoms with E-state index in [4.69, 9.17) is 4.74 Å². The van der Waals surface area contributed by atoms with E-state index in [0.29, 0.717) is 36.6 Å². The first-order valence-corrected chi connectivity index (χ1v) is 32.0. The molecule has 70 heavy (non-hydrogen) atoms. The molecule has 1 aromatic carbocycles. The van der Waals surface area contributed by atoms with Crippen molar-refractivity contribution in [2.75, 3.05) is 19.7 Å². The fourth-order valence-electron chi connectivity index (χ4n) is 10.3. The summed E-state index contributed by atoms with van der Waals surface area (Å²) in [7, 11) is 0. The Bertz CT molecular complexity index is 1230. The minimum Gasteiger partial charge on any atom is -0.493 e. The van der Waals surface area contributed by atoms with Crippen LogP contribution in [0.1, 0.15) is 369 Å². The number of hydrogen-bond acceptors (Lipinski definition) is 3. The molecule has 0 spiro atoms. The summed E-state index contributed by atoms with van der Waals surface area (Å²) in [5.74, 6) is 0.372. The zero-order chi connectivity index (χ0) is 50.3. The van der Waals surface area contributed by atoms with Gasteiger partial charge < -0.3 is 15.4 Å². The second-order valence-electron chi connectivity index (χ2n) is 22.0. The van der Waals surface area contributed by atoms with Gasteiger partial charge >= 0.3 is 0 Å². The standard InChI is InChI=1S/C65H122N2O3/c1-4-7-10-13-16-19-22-24-26-28-30-32-34-36-38-40-43-46-49-52-57-66-64(68)61-55-56-62(63(60-61)70-59-54-51-48-45-42-21-18-15-12-9-6-3)65(69)67-58-53-50-47-44-41-39-37-35-33-31-29-27-25-23-20-17-14-11-8-5-2/h55-56,60H,4-54,57-59H2,1-3H3,(H,66,68)(H,67,69). The molecule has 5 heteroatoms. The van der Waals surface area contributed by atoms with Crippen LogP contribution in [-0.2, 0) is 0 Å². The van der Waals surface area contributed by atoms with Gasteiger partial charge in [-0.2, -0.15) is 0 Å². The molecule has 0 unspecified atom stereocenters. The SMILES string of the molecule is CCCCCCCCCCCCCCCCCCCCCCNC(=O)c1ccc(C(=O)NCCCCCCCCCCCCCCCCCCCCCC)c(OCCCCCCCCCCCCC)c1. The van der Waals surface area contributed by atoms with Crippen molar-refractivity contribution in [2.24, 2.45) is 0 Å². The first-order chi connectivity index (χ1) is 34.6. The van der Waals surface area contributed by atoms with Crippen molar-refractivity contribution in [1.82, 2.24) is 10.6 Å². The Labute approximate surface area is 437 Å². The minimum atomic E-state index is -0.0944. The van der Waals surface area contributed by atoms with Crippen molar-refractivity contribution in [2.45, 2.75) is 348 Å². The zero-order valence-electron chi connectivity index (χ0n) is 47.6. The van der Waals surface area contributed by atoms with Crippen molar-refractivity contribution < 1.29 is 14.3 Å². The maximum Gasteiger partial charge on any atom is 0.255 e. The molecule has 0 aliphatic carbocycles. The summed E-state index contributed by atoms with van der Waals surface area (Å²) < 4.78 is 6.29. The Kier molecular flexibility index (Phi) is 51.6. The molecular weight excluding hydrogens is 857 g/mol. The van der Waals surface area contributed by atoms with E-state index in [1.807, 2.05) is 0 Å². The van der Waals surface area contributed by atoms with Crippen molar-refractivity contribution >= 4 is 11.8 Å². The molecule has 0 fully saturated rings. The zero-order valence-corrected chi connectivity index (χ0v) is 47.6. The van der Waals surface area contributed by atoms with Crippen LogP contribution in [0.2, 0.25) is 0 Å². The van der Waals surface area contributed by atoms with E-state index in [1.54, 1.807) is 18.2 Å². The summed E-state index contributed by atoms with van der Waals surface area (Å²) >= 11 is 0. The van der Waals surface area contributed by atoms with E-state index in [2.05, 4.69) is 31.4 Å². The van der Waals surface area contributed by atoms with Gasteiger partial charge in [-0.1, -0.05) is 329 Å². The van der Waals surface area contributed by atoms with Crippen molar-refractivity contribution in [3.05, 3.63) is 29.3 Å². The first-order valence-electron chi connectivity index (χ1n) is 32.0. The lowest BCUT2D eigenvalue weighted by molar-refractivity contribution is 0.0937. The number of amides is 2. The van der Waals surface area contributed by atoms with Crippen LogP contribution in [0.4, 0.5) is 0 Å². The molecule has 0 saturated heterocycles. The number of benzene rings is 1. The summed E-state index contributed by atoms with van der Waals surface area (Å²) in [6.07, 6.45) is 68.8. The molecule has 2 amide bonds. The van der Waals surface area contributed by atoms with Gasteiger partial charge in [-0.15, -0.1) is 0 Å². The van der Waals surface area contributed by atoms with E-state index in [1.165, 1.54) is 289 Å². The van der Waals surface area contributed by atoms with Crippen LogP contribution < -0.4 is 15.4 Å². The van der Waals surface area contributed by atoms with Gasteiger partial charge in [0.05, 0.1) is 12.2 Å². The molecule has 2 N–H and O–H groups in total. The monoisotopic (exact) mass is 979 g/mol. The summed E-state index contributed by atoms with van der Waals surface area (Å²) in [5.41, 5.74) is 1.12. The van der Waals surface area contributed by atoms with Crippen molar-refractivity contribution in [3.63, 3.8) is 0 Å². The lowest BCUT2D eigenvalue weighted by Crippen LogP contribution is -2.26. The highest BCUT2D eigenvalue weighted by Crippen LogP contribution is 2.23. The Morgan fingerprint density at radius 1 is 0.314 bits per heavy atom. The van der Waals surface area contributed by atoms with Gasteiger partial charge in [0.1, 0.15) is 5.75 Å². The predicted octanol–water partition coefficient (Wildman–Crippen LogP) is 21.5. The summed E-state index contributed by atoms with van der Waals surface area (Å²) in [5, 5.41) is 6.31. The quantitative estimate of drug-likeness (QED) is 0.0639. The highest BCUT2D eigenvalue weighted by Gasteiger charge is 2.16. The van der Waals surface area contributed by atoms with Gasteiger partial charge in [-0.3, -0.25) is 9.59 Å². The molecule has 5 nitrogen and oxygen atoms in total. The molecule has 410 valence electrons. The predicted molar refractivity (Wildman–Crippen MR) is 309 cm³/mol. The Morgan fingerprint density at radius 3 is 0.843 bits per heavy atom. The van der Waals surface area contributed by atoms with Gasteiger partial charge in [0.2, 0.25) is 0 Å². The fraction of sp³-hybridized carbons (Fsp3) is 0.877. The Balaban J connectivity index is 2.28. The van der Waals surface area contributed by atoms with Crippen LogP contribution in [-0.4, -0.2) is 31.5 Å². The molecule has 0 radical (unpaired) electrons. The number of carbonyl (C=O) groups excluding carboxylic acids is 2. The van der Waals surface area contributed by atoms with Crippen LogP contribution in [0, 0.1) is 0 Å². The van der Waals surface area contributed by atoms with Gasteiger partial charge in [0, 0.05) is 18.7 Å². The third-order valence-electron chi connectivity index (χ3n) is 15.1. The van der Waals surface area contributed by atoms with Crippen LogP contribution >= 0.6 is 0 Å². The number of carbonyl (C=O) groups is 2. The van der Waals surface area contributed by atoms with Gasteiger partial charge in [-0.05, 0) is 37.5 Å². The van der Waals surface area contributed by atoms with Gasteiger partial charge in [0.25, 0.3) is 11.8 Å². The highest BCUT2D eigenvalue weighted by atomic mass is 16.5. The molecule has 0 heterocycles. The van der Waals surface area contributed by atoms with Gasteiger partial charge in [0.15, 0.2) is 0 Å². The smallest absolute Gasteiger partial charge is 0.255 e. The van der Waals surface area contributed by atoms with Crippen LogP contribution in [0.5, 0.6) is 5.75 Å². The number of hydrogen-bond donors (Lipinski definition) is 2. The molecule has 0 aliphatic rings. The lowest BCUT2D eigenvalue weighted by atomic mass is 10.0. The van der Waals surface area contributed by atoms with E-state index < -0.39 is 0 Å². The lowest BCUT2D eigenvalue weighted by Gasteiger charge is -2.14. The van der Waals surface area contributed by atoms with Crippen LogP contribution in [0.25, 0.3) is 0 Å². The molecule has 0 saturated carbocycles. The summed E-state index contributed by atoms with van der Waals surface area (Å²) in [6.45, 7) is 8.81. The van der Waals surface area contributed by atoms with Crippen molar-refractivity contribution in [1.29, 1.82) is 0 Å². The summed E-state index contributed by atoms with van der Waals surface area (Å²) in [6, 6.07) is 5.40. The average Bonchev–Trinajstić information content (AvgIpc) is 3.37. The average molecular weight is 980 g/mol. The number of rotatable bonds is 57. The van der Waals surface area contributed by atoms with E-state index in [0.717, 1.165) is 38.5 Å². The number of ether oxygens (including phenoxy) is 1. The van der Waals surface area contributed by atoms with E-state index >= 15 is 0 Å². The first kappa shape index (κ1) is 66.0. The van der Waals surface area contributed by atoms with Crippen LogP contribution in [0.15, 0.2) is 18.2 Å². The van der Waals surface area contributed by atoms with Gasteiger partial charge in [-0.25, -0.2) is 0 Å². The topological polar surface area (TPSA) is 67.4 Å². The molecular formula is C65H122N2O3. The van der Waals surface area contributed by atoms with Crippen LogP contribution in [0.3, 0.4) is 0 Å². The second-order valence-corrected chi connectivity index (χ2v) is 22.0. The van der Waals surface area contributed by atoms with Crippen molar-refractivity contribution in [3.8, 4) is 5.75 Å². The Morgan fingerprint density at radius 2 is 0.557 bits per heavy atom. The van der Waals surface area contributed by atoms with E-state index in [-0.39, 0.29) is 11.8 Å². The fourth-order valence-corrected chi connectivity index (χ4v) is 10.3. The largest absolute Gasteiger partial charge is 0.493 e. The Hall–Kier alpha value is -2.04. The summed E-state index contributed by atoms with van der Waals surface area (Å²) in [4.78, 5) is 26.7. The molecule has 0 aromatic heterocycles. The molecule has 0 atom stereocenters. The minimum absolute atomic E-state index is 0.0753. The maximum atomic E-state index is 13.4. The second kappa shape index (κ2) is 54.7. The third-order valence-corrected chi connectivity index (χ3v) is 15.1. The molecule has 1 rings (SSSR count). The highest BCUT2D eigenvalue weighted by molar-refractivity contribution is 6.00. The number of unbranched alkanes of at least 4 members (excludes halogenated alkanes) is 48.